The number of benzene rings is 1. The first kappa shape index (κ1) is 24.0. The van der Waals surface area contributed by atoms with Gasteiger partial charge in [-0.15, -0.1) is 24.0 Å². The highest BCUT2D eigenvalue weighted by Gasteiger charge is 2.50. The average Bonchev–Trinajstić information content (AvgIpc) is 2.60. The molecule has 1 aromatic rings. The average molecular weight is 520 g/mol. The van der Waals surface area contributed by atoms with E-state index in [9.17, 15) is 21.6 Å². The molecule has 27 heavy (non-hydrogen) atoms. The number of piperidine rings is 1. The molecule has 1 heterocycles. The van der Waals surface area contributed by atoms with Crippen molar-refractivity contribution in [1.29, 1.82) is 0 Å². The minimum Gasteiger partial charge on any atom is -0.370 e. The van der Waals surface area contributed by atoms with E-state index in [1.807, 2.05) is 30.3 Å². The molecule has 6 nitrogen and oxygen atoms in total. The number of halogens is 4. The summed E-state index contributed by atoms with van der Waals surface area (Å²) in [6.45, 7) is 0.693. The van der Waals surface area contributed by atoms with Gasteiger partial charge in [-0.3, -0.25) is 4.99 Å². The molecule has 0 radical (unpaired) electrons. The highest BCUT2D eigenvalue weighted by Crippen LogP contribution is 2.30. The topological polar surface area (TPSA) is 87.8 Å². The van der Waals surface area contributed by atoms with Gasteiger partial charge in [0.25, 0.3) is 0 Å². The molecular formula is C16H24F3IN4O2S. The number of hydrogen-bond donors (Lipinski definition) is 2. The summed E-state index contributed by atoms with van der Waals surface area (Å²) in [4.78, 5) is 4.21. The summed E-state index contributed by atoms with van der Waals surface area (Å²) < 4.78 is 60.8. The summed E-state index contributed by atoms with van der Waals surface area (Å²) in [5.41, 5.74) is 1.72. The Hall–Kier alpha value is -1.08. The molecule has 0 aliphatic carbocycles. The monoisotopic (exact) mass is 520 g/mol. The minimum absolute atomic E-state index is 0. The smallest absolute Gasteiger partial charge is 0.370 e. The van der Waals surface area contributed by atoms with Gasteiger partial charge in [0.2, 0.25) is 0 Å². The number of guanidine groups is 1. The van der Waals surface area contributed by atoms with Crippen molar-refractivity contribution >= 4 is 40.0 Å². The van der Waals surface area contributed by atoms with E-state index in [-0.39, 0.29) is 48.9 Å². The van der Waals surface area contributed by atoms with E-state index in [1.54, 1.807) is 0 Å². The van der Waals surface area contributed by atoms with Crippen molar-refractivity contribution in [3.8, 4) is 0 Å². The fourth-order valence-corrected chi connectivity index (χ4v) is 3.73. The molecule has 11 heteroatoms. The highest BCUT2D eigenvalue weighted by atomic mass is 127. The standard InChI is InChI=1S/C16H23F3N4O2S.HI/c17-16(18,19)26(24,25)23-10-7-14(8-11-23)12-22-15(20)21-9-6-13-4-2-1-3-5-13;/h1-5,14H,6-12H2,(H3,20,21,22);1H. The molecule has 1 saturated heterocycles. The van der Waals surface area contributed by atoms with Gasteiger partial charge in [-0.05, 0) is 30.7 Å². The maximum atomic E-state index is 12.5. The first-order valence-electron chi connectivity index (χ1n) is 8.34. The van der Waals surface area contributed by atoms with Gasteiger partial charge in [-0.2, -0.15) is 17.5 Å². The van der Waals surface area contributed by atoms with Gasteiger partial charge >= 0.3 is 15.5 Å². The minimum atomic E-state index is -5.24. The van der Waals surface area contributed by atoms with Crippen LogP contribution in [0.2, 0.25) is 0 Å². The zero-order valence-corrected chi connectivity index (χ0v) is 17.8. The van der Waals surface area contributed by atoms with Crippen molar-refractivity contribution in [2.24, 2.45) is 16.6 Å². The predicted molar refractivity (Wildman–Crippen MR) is 109 cm³/mol. The maximum absolute atomic E-state index is 12.5. The fraction of sp³-hybridized carbons (Fsp3) is 0.562. The third-order valence-corrected chi connectivity index (χ3v) is 5.92. The molecule has 1 fully saturated rings. The number of hydrogen-bond acceptors (Lipinski definition) is 3. The van der Waals surface area contributed by atoms with Gasteiger partial charge in [0.05, 0.1) is 0 Å². The van der Waals surface area contributed by atoms with Crippen LogP contribution in [0.5, 0.6) is 0 Å². The Morgan fingerprint density at radius 3 is 2.37 bits per heavy atom. The highest BCUT2D eigenvalue weighted by molar-refractivity contribution is 14.0. The summed E-state index contributed by atoms with van der Waals surface area (Å²) in [5, 5.41) is 3.00. The van der Waals surface area contributed by atoms with Crippen molar-refractivity contribution in [1.82, 2.24) is 9.62 Å². The quantitative estimate of drug-likeness (QED) is 0.343. The van der Waals surface area contributed by atoms with E-state index < -0.39 is 15.5 Å². The summed E-state index contributed by atoms with van der Waals surface area (Å²) in [6, 6.07) is 9.88. The lowest BCUT2D eigenvalue weighted by molar-refractivity contribution is -0.0496. The van der Waals surface area contributed by atoms with Crippen LogP contribution in [0.15, 0.2) is 35.3 Å². The largest absolute Gasteiger partial charge is 0.511 e. The van der Waals surface area contributed by atoms with Crippen LogP contribution in [0, 0.1) is 5.92 Å². The number of sulfonamides is 1. The predicted octanol–water partition coefficient (Wildman–Crippen LogP) is 2.31. The zero-order chi connectivity index (χ0) is 19.2. The lowest BCUT2D eigenvalue weighted by atomic mass is 9.98. The van der Waals surface area contributed by atoms with Crippen LogP contribution in [0.3, 0.4) is 0 Å². The summed E-state index contributed by atoms with van der Waals surface area (Å²) in [6.07, 6.45) is 1.46. The molecule has 0 bridgehead atoms. The van der Waals surface area contributed by atoms with Crippen molar-refractivity contribution < 1.29 is 21.6 Å². The van der Waals surface area contributed by atoms with Gasteiger partial charge in [0.15, 0.2) is 5.96 Å². The van der Waals surface area contributed by atoms with Gasteiger partial charge in [-0.1, -0.05) is 30.3 Å². The van der Waals surface area contributed by atoms with E-state index in [4.69, 9.17) is 5.73 Å². The lowest BCUT2D eigenvalue weighted by Gasteiger charge is -2.30. The van der Waals surface area contributed by atoms with E-state index in [2.05, 4.69) is 10.3 Å². The molecule has 0 spiro atoms. The molecular weight excluding hydrogens is 496 g/mol. The molecule has 0 saturated carbocycles. The van der Waals surface area contributed by atoms with Crippen LogP contribution in [0.25, 0.3) is 0 Å². The van der Waals surface area contributed by atoms with Crippen LogP contribution in [0.1, 0.15) is 18.4 Å². The van der Waals surface area contributed by atoms with Gasteiger partial charge in [0, 0.05) is 26.2 Å². The second-order valence-corrected chi connectivity index (χ2v) is 8.11. The van der Waals surface area contributed by atoms with Crippen molar-refractivity contribution in [3.05, 3.63) is 35.9 Å². The van der Waals surface area contributed by atoms with Crippen molar-refractivity contribution in [2.75, 3.05) is 26.2 Å². The van der Waals surface area contributed by atoms with Crippen LogP contribution < -0.4 is 11.1 Å². The Labute approximate surface area is 174 Å². The first-order chi connectivity index (χ1) is 12.2. The van der Waals surface area contributed by atoms with Gasteiger partial charge < -0.3 is 11.1 Å². The molecule has 1 aliphatic heterocycles. The third-order valence-electron chi connectivity index (χ3n) is 4.29. The maximum Gasteiger partial charge on any atom is 0.511 e. The Balaban J connectivity index is 0.00000364. The summed E-state index contributed by atoms with van der Waals surface area (Å²) >= 11 is 0. The van der Waals surface area contributed by atoms with Gasteiger partial charge in [0.1, 0.15) is 0 Å². The number of nitrogens with two attached hydrogens (primary N) is 1. The molecule has 154 valence electrons. The third kappa shape index (κ3) is 7.11. The molecule has 1 aliphatic rings. The molecule has 3 N–H and O–H groups in total. The number of nitrogens with one attached hydrogen (secondary N) is 1. The van der Waals surface area contributed by atoms with E-state index in [1.165, 1.54) is 5.56 Å². The Morgan fingerprint density at radius 1 is 1.22 bits per heavy atom. The number of aliphatic imine (C=N–C) groups is 1. The molecule has 0 amide bonds. The number of alkyl halides is 3. The first-order valence-corrected chi connectivity index (χ1v) is 9.78. The van der Waals surface area contributed by atoms with E-state index in [0.29, 0.717) is 30.2 Å². The number of nitrogens with zero attached hydrogens (tertiary/aromatic N) is 2. The second-order valence-electron chi connectivity index (χ2n) is 6.18. The second kappa shape index (κ2) is 10.5. The zero-order valence-electron chi connectivity index (χ0n) is 14.7. The van der Waals surface area contributed by atoms with E-state index in [0.717, 1.165) is 6.42 Å². The Kier molecular flexibility index (Phi) is 9.28. The Bertz CT molecular complexity index is 706. The SMILES string of the molecule is I.NC(=NCC1CCN(S(=O)(=O)C(F)(F)F)CC1)NCCc1ccccc1. The fourth-order valence-electron chi connectivity index (χ4n) is 2.74. The van der Waals surface area contributed by atoms with Gasteiger partial charge in [-0.25, -0.2) is 8.42 Å². The lowest BCUT2D eigenvalue weighted by Crippen LogP contribution is -2.45. The van der Waals surface area contributed by atoms with Crippen molar-refractivity contribution in [2.45, 2.75) is 24.8 Å². The van der Waals surface area contributed by atoms with Crippen LogP contribution >= 0.6 is 24.0 Å². The molecule has 0 aromatic heterocycles. The molecule has 0 unspecified atom stereocenters. The summed E-state index contributed by atoms with van der Waals surface area (Å²) in [7, 11) is -5.23. The van der Waals surface area contributed by atoms with E-state index >= 15 is 0 Å². The van der Waals surface area contributed by atoms with Crippen LogP contribution in [0.4, 0.5) is 13.2 Å². The normalized spacial score (nSPS) is 17.4. The number of rotatable bonds is 6. The van der Waals surface area contributed by atoms with Crippen molar-refractivity contribution in [3.63, 3.8) is 0 Å². The molecule has 0 atom stereocenters. The molecule has 2 rings (SSSR count). The van der Waals surface area contributed by atoms with Crippen LogP contribution in [-0.4, -0.2) is 50.4 Å². The summed E-state index contributed by atoms with van der Waals surface area (Å²) in [5.74, 6) is 0.301. The molecule has 1 aromatic carbocycles. The van der Waals surface area contributed by atoms with Crippen LogP contribution in [-0.2, 0) is 16.4 Å². The Morgan fingerprint density at radius 2 is 1.81 bits per heavy atom.